The smallest absolute Gasteiger partial charge is 0.265 e. The molecule has 76 valence electrons. The maximum absolute atomic E-state index is 14.1. The Morgan fingerprint density at radius 3 is 3.00 bits per heavy atom. The third kappa shape index (κ3) is 1.23. The summed E-state index contributed by atoms with van der Waals surface area (Å²) in [5, 5.41) is 6.78. The van der Waals surface area contributed by atoms with Gasteiger partial charge in [-0.25, -0.2) is 4.39 Å². The van der Waals surface area contributed by atoms with E-state index < -0.39 is 5.67 Å². The number of aromatic nitrogens is 2. The maximum Gasteiger partial charge on any atom is 0.265 e. The lowest BCUT2D eigenvalue weighted by Gasteiger charge is -2.10. The van der Waals surface area contributed by atoms with Crippen LogP contribution in [0, 0.1) is 0 Å². The van der Waals surface area contributed by atoms with Gasteiger partial charge in [-0.1, -0.05) is 5.16 Å². The number of hydrogen-bond donors (Lipinski definition) is 1. The Hall–Kier alpha value is -0.970. The first-order valence-corrected chi connectivity index (χ1v) is 5.02. The minimum atomic E-state index is -1.43. The lowest BCUT2D eigenvalue weighted by atomic mass is 10.1. The second-order valence-corrected chi connectivity index (χ2v) is 4.12. The van der Waals surface area contributed by atoms with Gasteiger partial charge in [0.15, 0.2) is 5.82 Å². The van der Waals surface area contributed by atoms with Crippen LogP contribution in [0.2, 0.25) is 0 Å². The van der Waals surface area contributed by atoms with Crippen LogP contribution in [0.25, 0.3) is 0 Å². The van der Waals surface area contributed by atoms with Crippen molar-refractivity contribution in [1.29, 1.82) is 0 Å². The van der Waals surface area contributed by atoms with Gasteiger partial charge in [-0.05, 0) is 19.4 Å². The molecule has 0 bridgehead atoms. The first-order chi connectivity index (χ1) is 6.78. The van der Waals surface area contributed by atoms with E-state index in [1.54, 1.807) is 0 Å². The van der Waals surface area contributed by atoms with Gasteiger partial charge in [-0.3, -0.25) is 0 Å². The molecule has 1 saturated carbocycles. The Labute approximate surface area is 80.9 Å². The van der Waals surface area contributed by atoms with E-state index in [-0.39, 0.29) is 5.89 Å². The number of hydrogen-bond acceptors (Lipinski definition) is 4. The van der Waals surface area contributed by atoms with Crippen LogP contribution in [0.15, 0.2) is 4.52 Å². The first-order valence-electron chi connectivity index (χ1n) is 5.02. The molecule has 2 aliphatic rings. The summed E-state index contributed by atoms with van der Waals surface area (Å²) in [5.74, 6) is 1.26. The normalized spacial score (nSPS) is 32.4. The molecule has 1 aromatic rings. The summed E-state index contributed by atoms with van der Waals surface area (Å²) in [6.07, 6.45) is 2.65. The second-order valence-electron chi connectivity index (χ2n) is 4.12. The fourth-order valence-electron chi connectivity index (χ4n) is 1.77. The molecule has 1 N–H and O–H groups in total. The van der Waals surface area contributed by atoms with Crippen LogP contribution in [-0.4, -0.2) is 23.2 Å². The predicted octanol–water partition coefficient (Wildman–Crippen LogP) is 1.11. The monoisotopic (exact) mass is 197 g/mol. The summed E-state index contributed by atoms with van der Waals surface area (Å²) in [6.45, 7) is 0.969. The minimum Gasteiger partial charge on any atom is -0.336 e. The zero-order chi connectivity index (χ0) is 9.60. The molecule has 14 heavy (non-hydrogen) atoms. The predicted molar refractivity (Wildman–Crippen MR) is 46.5 cm³/mol. The highest BCUT2D eigenvalue weighted by Crippen LogP contribution is 2.39. The Morgan fingerprint density at radius 1 is 1.50 bits per heavy atom. The lowest BCUT2D eigenvalue weighted by Crippen LogP contribution is -2.23. The van der Waals surface area contributed by atoms with E-state index in [0.717, 1.165) is 12.8 Å². The fraction of sp³-hybridized carbons (Fsp3) is 0.778. The van der Waals surface area contributed by atoms with Gasteiger partial charge in [0, 0.05) is 18.9 Å². The third-order valence-electron chi connectivity index (χ3n) is 2.87. The van der Waals surface area contributed by atoms with Crippen molar-refractivity contribution in [2.75, 3.05) is 13.1 Å². The molecule has 1 saturated heterocycles. The summed E-state index contributed by atoms with van der Waals surface area (Å²) in [4.78, 5) is 4.13. The van der Waals surface area contributed by atoms with Gasteiger partial charge in [0.25, 0.3) is 5.89 Å². The van der Waals surface area contributed by atoms with E-state index in [2.05, 4.69) is 15.5 Å². The van der Waals surface area contributed by atoms with Crippen LogP contribution in [0.5, 0.6) is 0 Å². The van der Waals surface area contributed by atoms with E-state index in [4.69, 9.17) is 4.52 Å². The van der Waals surface area contributed by atoms with Crippen molar-refractivity contribution >= 4 is 0 Å². The maximum atomic E-state index is 14.1. The van der Waals surface area contributed by atoms with Crippen molar-refractivity contribution in [1.82, 2.24) is 15.5 Å². The van der Waals surface area contributed by atoms with Gasteiger partial charge in [-0.2, -0.15) is 4.98 Å². The summed E-state index contributed by atoms with van der Waals surface area (Å²) in [7, 11) is 0. The summed E-state index contributed by atoms with van der Waals surface area (Å²) >= 11 is 0. The van der Waals surface area contributed by atoms with Crippen LogP contribution in [0.1, 0.15) is 36.9 Å². The Kier molecular flexibility index (Phi) is 1.65. The number of halogens is 1. The van der Waals surface area contributed by atoms with Crippen molar-refractivity contribution in [3.63, 3.8) is 0 Å². The molecule has 1 aromatic heterocycles. The SMILES string of the molecule is FC1(c2nc(C3CC3)no2)CCNC1. The minimum absolute atomic E-state index is 0.157. The molecule has 0 amide bonds. The first kappa shape index (κ1) is 8.35. The number of nitrogens with zero attached hydrogens (tertiary/aromatic N) is 2. The highest BCUT2D eigenvalue weighted by molar-refractivity contribution is 5.09. The molecule has 2 heterocycles. The molecule has 1 atom stereocenters. The lowest BCUT2D eigenvalue weighted by molar-refractivity contribution is 0.133. The van der Waals surface area contributed by atoms with E-state index >= 15 is 0 Å². The Morgan fingerprint density at radius 2 is 2.36 bits per heavy atom. The van der Waals surface area contributed by atoms with Crippen molar-refractivity contribution < 1.29 is 8.91 Å². The molecule has 5 heteroatoms. The summed E-state index contributed by atoms with van der Waals surface area (Å²) < 4.78 is 19.1. The van der Waals surface area contributed by atoms with Crippen LogP contribution >= 0.6 is 0 Å². The van der Waals surface area contributed by atoms with Gasteiger partial charge >= 0.3 is 0 Å². The highest BCUT2D eigenvalue weighted by Gasteiger charge is 2.42. The van der Waals surface area contributed by atoms with E-state index in [9.17, 15) is 4.39 Å². The van der Waals surface area contributed by atoms with Gasteiger partial charge in [-0.15, -0.1) is 0 Å². The molecule has 0 radical (unpaired) electrons. The second kappa shape index (κ2) is 2.76. The number of nitrogens with one attached hydrogen (secondary N) is 1. The summed E-state index contributed by atoms with van der Waals surface area (Å²) in [5.41, 5.74) is -1.43. The largest absolute Gasteiger partial charge is 0.336 e. The van der Waals surface area contributed by atoms with Crippen molar-refractivity contribution in [3.05, 3.63) is 11.7 Å². The van der Waals surface area contributed by atoms with Crippen molar-refractivity contribution in [2.24, 2.45) is 0 Å². The standard InChI is InChI=1S/C9H12FN3O/c10-9(3-4-11-5-9)8-12-7(13-14-8)6-1-2-6/h6,11H,1-5H2. The fourth-order valence-corrected chi connectivity index (χ4v) is 1.77. The highest BCUT2D eigenvalue weighted by atomic mass is 19.1. The van der Waals surface area contributed by atoms with Crippen molar-refractivity contribution in [2.45, 2.75) is 30.8 Å². The van der Waals surface area contributed by atoms with Crippen LogP contribution < -0.4 is 5.32 Å². The van der Waals surface area contributed by atoms with Gasteiger partial charge in [0.2, 0.25) is 5.67 Å². The third-order valence-corrected chi connectivity index (χ3v) is 2.87. The molecule has 4 nitrogen and oxygen atoms in total. The van der Waals surface area contributed by atoms with E-state index in [1.165, 1.54) is 0 Å². The molecule has 2 fully saturated rings. The van der Waals surface area contributed by atoms with Gasteiger partial charge in [0.1, 0.15) is 0 Å². The van der Waals surface area contributed by atoms with Crippen LogP contribution in [0.4, 0.5) is 4.39 Å². The van der Waals surface area contributed by atoms with Gasteiger partial charge in [0.05, 0.1) is 0 Å². The number of rotatable bonds is 2. The van der Waals surface area contributed by atoms with Crippen LogP contribution in [0.3, 0.4) is 0 Å². The molecule has 0 spiro atoms. The molecule has 1 aliphatic carbocycles. The average Bonchev–Trinajstić information content (AvgIpc) is 2.75. The topological polar surface area (TPSA) is 51.0 Å². The molecular formula is C9H12FN3O. The van der Waals surface area contributed by atoms with E-state index in [1.807, 2.05) is 0 Å². The van der Waals surface area contributed by atoms with Gasteiger partial charge < -0.3 is 9.84 Å². The Balaban J connectivity index is 1.87. The van der Waals surface area contributed by atoms with E-state index in [0.29, 0.717) is 31.3 Å². The zero-order valence-electron chi connectivity index (χ0n) is 7.79. The average molecular weight is 197 g/mol. The number of alkyl halides is 1. The zero-order valence-corrected chi connectivity index (χ0v) is 7.79. The van der Waals surface area contributed by atoms with Crippen LogP contribution in [-0.2, 0) is 5.67 Å². The quantitative estimate of drug-likeness (QED) is 0.771. The summed E-state index contributed by atoms with van der Waals surface area (Å²) in [6, 6.07) is 0. The Bertz CT molecular complexity index is 342. The van der Waals surface area contributed by atoms with Crippen molar-refractivity contribution in [3.8, 4) is 0 Å². The molecule has 0 aromatic carbocycles. The molecule has 1 unspecified atom stereocenters. The molecule has 3 rings (SSSR count). The molecule has 1 aliphatic heterocycles. The molecular weight excluding hydrogens is 185 g/mol.